The quantitative estimate of drug-likeness (QED) is 0.757. The minimum atomic E-state index is -0.456. The van der Waals surface area contributed by atoms with Gasteiger partial charge in [-0.25, -0.2) is 0 Å². The molecule has 5 rings (SSSR count). The predicted molar refractivity (Wildman–Crippen MR) is 92.2 cm³/mol. The Morgan fingerprint density at radius 1 is 1.12 bits per heavy atom. The van der Waals surface area contributed by atoms with Crippen molar-refractivity contribution >= 4 is 17.7 Å². The van der Waals surface area contributed by atoms with Crippen molar-refractivity contribution in [1.82, 2.24) is 5.32 Å². The first-order valence-corrected chi connectivity index (χ1v) is 9.55. The van der Waals surface area contributed by atoms with Crippen LogP contribution in [0.15, 0.2) is 22.8 Å². The van der Waals surface area contributed by atoms with Crippen LogP contribution in [-0.2, 0) is 14.3 Å². The van der Waals surface area contributed by atoms with Gasteiger partial charge in [-0.3, -0.25) is 14.4 Å². The fourth-order valence-corrected chi connectivity index (χ4v) is 5.60. The van der Waals surface area contributed by atoms with Crippen molar-refractivity contribution in [3.63, 3.8) is 0 Å². The second-order valence-corrected chi connectivity index (χ2v) is 8.26. The average Bonchev–Trinajstić information content (AvgIpc) is 3.13. The predicted octanol–water partition coefficient (Wildman–Crippen LogP) is 2.73. The van der Waals surface area contributed by atoms with Crippen molar-refractivity contribution in [2.24, 2.45) is 23.2 Å². The maximum atomic E-state index is 12.8. The Bertz CT molecular complexity index is 658. The molecule has 0 atom stereocenters. The first-order chi connectivity index (χ1) is 12.5. The van der Waals surface area contributed by atoms with Gasteiger partial charge in [-0.05, 0) is 68.4 Å². The molecule has 0 unspecified atom stereocenters. The van der Waals surface area contributed by atoms with Crippen LogP contribution in [0.5, 0.6) is 0 Å². The number of carbonyl (C=O) groups excluding carboxylic acids is 3. The molecule has 0 spiro atoms. The maximum absolute atomic E-state index is 12.8. The fourth-order valence-electron chi connectivity index (χ4n) is 5.60. The Morgan fingerprint density at radius 3 is 2.35 bits per heavy atom. The number of hydrogen-bond acceptors (Lipinski definition) is 5. The summed E-state index contributed by atoms with van der Waals surface area (Å²) >= 11 is 0. The summed E-state index contributed by atoms with van der Waals surface area (Å²) in [6, 6.07) is 3.18. The first-order valence-electron chi connectivity index (χ1n) is 9.55. The maximum Gasteiger partial charge on any atom is 0.308 e. The number of rotatable bonds is 7. The number of amides is 1. The molecule has 4 saturated carbocycles. The first kappa shape index (κ1) is 17.3. The molecule has 1 N–H and O–H groups in total. The third-order valence-corrected chi connectivity index (χ3v) is 6.35. The number of carbonyl (C=O) groups is 3. The lowest BCUT2D eigenvalue weighted by atomic mass is 9.48. The van der Waals surface area contributed by atoms with E-state index in [1.165, 1.54) is 25.5 Å². The van der Waals surface area contributed by atoms with Crippen LogP contribution >= 0.6 is 0 Å². The van der Waals surface area contributed by atoms with Crippen LogP contribution in [0.4, 0.5) is 0 Å². The molecule has 1 heterocycles. The molecule has 1 aromatic heterocycles. The zero-order valence-corrected chi connectivity index (χ0v) is 14.9. The number of furan rings is 1. The van der Waals surface area contributed by atoms with Crippen molar-refractivity contribution in [3.8, 4) is 0 Å². The molecule has 4 bridgehead atoms. The summed E-state index contributed by atoms with van der Waals surface area (Å²) in [4.78, 5) is 36.4. The number of ether oxygens (including phenoxy) is 1. The van der Waals surface area contributed by atoms with Gasteiger partial charge in [0.25, 0.3) is 5.91 Å². The molecule has 1 aromatic rings. The second-order valence-electron chi connectivity index (χ2n) is 8.26. The van der Waals surface area contributed by atoms with Crippen molar-refractivity contribution < 1.29 is 23.5 Å². The molecule has 6 heteroatoms. The average molecular weight is 359 g/mol. The summed E-state index contributed by atoms with van der Waals surface area (Å²) in [7, 11) is 0. The van der Waals surface area contributed by atoms with Gasteiger partial charge < -0.3 is 14.5 Å². The molecule has 4 fully saturated rings. The zero-order chi connectivity index (χ0) is 18.1. The smallest absolute Gasteiger partial charge is 0.308 e. The molecule has 4 aliphatic rings. The van der Waals surface area contributed by atoms with Gasteiger partial charge in [0.15, 0.2) is 18.2 Å². The zero-order valence-electron chi connectivity index (χ0n) is 14.9. The minimum absolute atomic E-state index is 0.0423. The van der Waals surface area contributed by atoms with E-state index < -0.39 is 5.97 Å². The Morgan fingerprint density at radius 2 is 1.77 bits per heavy atom. The molecule has 4 aliphatic carbocycles. The lowest BCUT2D eigenvalue weighted by Crippen LogP contribution is -2.51. The molecule has 0 saturated heterocycles. The molecule has 1 amide bonds. The molecule has 0 aliphatic heterocycles. The van der Waals surface area contributed by atoms with Crippen LogP contribution in [-0.4, -0.2) is 30.8 Å². The number of esters is 1. The highest BCUT2D eigenvalue weighted by atomic mass is 16.5. The van der Waals surface area contributed by atoms with Crippen molar-refractivity contribution in [1.29, 1.82) is 0 Å². The lowest BCUT2D eigenvalue weighted by Gasteiger charge is -2.55. The van der Waals surface area contributed by atoms with Crippen LogP contribution < -0.4 is 5.32 Å². The van der Waals surface area contributed by atoms with Gasteiger partial charge in [-0.2, -0.15) is 0 Å². The summed E-state index contributed by atoms with van der Waals surface area (Å²) in [6.45, 7) is 0.0288. The topological polar surface area (TPSA) is 85.6 Å². The fraction of sp³-hybridized carbons (Fsp3) is 0.650. The Hall–Kier alpha value is -2.11. The van der Waals surface area contributed by atoms with E-state index in [0.717, 1.165) is 19.3 Å². The van der Waals surface area contributed by atoms with E-state index in [2.05, 4.69) is 5.32 Å². The summed E-state index contributed by atoms with van der Waals surface area (Å²) < 4.78 is 10.2. The van der Waals surface area contributed by atoms with E-state index in [1.54, 1.807) is 12.1 Å². The van der Waals surface area contributed by atoms with E-state index >= 15 is 0 Å². The normalized spacial score (nSPS) is 31.6. The molecule has 0 radical (unpaired) electrons. The lowest BCUT2D eigenvalue weighted by molar-refractivity contribution is -0.157. The van der Waals surface area contributed by atoms with Gasteiger partial charge >= 0.3 is 5.97 Å². The molecule has 26 heavy (non-hydrogen) atoms. The third-order valence-electron chi connectivity index (χ3n) is 6.35. The van der Waals surface area contributed by atoms with E-state index in [-0.39, 0.29) is 42.4 Å². The monoisotopic (exact) mass is 359 g/mol. The number of ketones is 1. The van der Waals surface area contributed by atoms with Crippen molar-refractivity contribution in [2.75, 3.05) is 13.2 Å². The minimum Gasteiger partial charge on any atom is -0.459 e. The number of hydrogen-bond donors (Lipinski definition) is 1. The third kappa shape index (κ3) is 3.41. The highest BCUT2D eigenvalue weighted by Gasteiger charge is 2.54. The van der Waals surface area contributed by atoms with E-state index in [4.69, 9.17) is 9.15 Å². The second kappa shape index (κ2) is 6.89. The van der Waals surface area contributed by atoms with Gasteiger partial charge in [0.1, 0.15) is 0 Å². The van der Waals surface area contributed by atoms with Gasteiger partial charge in [0.2, 0.25) is 0 Å². The highest BCUT2D eigenvalue weighted by Crippen LogP contribution is 2.60. The van der Waals surface area contributed by atoms with Crippen LogP contribution in [0.1, 0.15) is 55.5 Å². The number of nitrogens with one attached hydrogen (secondary N) is 1. The Balaban J connectivity index is 1.21. The molecular formula is C20H25NO5. The van der Waals surface area contributed by atoms with E-state index in [9.17, 15) is 14.4 Å². The van der Waals surface area contributed by atoms with E-state index in [1.807, 2.05) is 0 Å². The van der Waals surface area contributed by atoms with Crippen LogP contribution in [0.25, 0.3) is 0 Å². The van der Waals surface area contributed by atoms with Gasteiger partial charge in [-0.1, -0.05) is 0 Å². The highest BCUT2D eigenvalue weighted by molar-refractivity contribution is 5.91. The van der Waals surface area contributed by atoms with Crippen LogP contribution in [0, 0.1) is 23.2 Å². The molecule has 6 nitrogen and oxygen atoms in total. The standard InChI is InChI=1S/C20H25NO5/c22-17(20-9-13-6-14(10-20)8-15(7-13)11-20)12-26-18(23)3-4-21-19(24)16-2-1-5-25-16/h1-2,5,13-15H,3-4,6-12H2,(H,21,24). The van der Waals surface area contributed by atoms with Crippen LogP contribution in [0.3, 0.4) is 0 Å². The van der Waals surface area contributed by atoms with Gasteiger partial charge in [0, 0.05) is 12.0 Å². The summed E-state index contributed by atoms with van der Waals surface area (Å²) in [5.74, 6) is 1.56. The van der Waals surface area contributed by atoms with Gasteiger partial charge in [0.05, 0.1) is 12.7 Å². The van der Waals surface area contributed by atoms with Crippen molar-refractivity contribution in [3.05, 3.63) is 24.2 Å². The van der Waals surface area contributed by atoms with Gasteiger partial charge in [-0.15, -0.1) is 0 Å². The summed E-state index contributed by atoms with van der Waals surface area (Å²) in [5.41, 5.74) is -0.234. The summed E-state index contributed by atoms with van der Waals surface area (Å²) in [6.07, 6.45) is 8.24. The van der Waals surface area contributed by atoms with Crippen LogP contribution in [0.2, 0.25) is 0 Å². The molecular weight excluding hydrogens is 334 g/mol. The molecule has 0 aromatic carbocycles. The Kier molecular flexibility index (Phi) is 4.59. The largest absolute Gasteiger partial charge is 0.459 e. The van der Waals surface area contributed by atoms with Crippen molar-refractivity contribution in [2.45, 2.75) is 44.9 Å². The number of Topliss-reactive ketones (excluding diaryl/α,β-unsaturated/α-hetero) is 1. The molecule has 140 valence electrons. The summed E-state index contributed by atoms with van der Waals surface area (Å²) in [5, 5.41) is 2.59. The Labute approximate surface area is 152 Å². The SMILES string of the molecule is O=C(CCNC(=O)c1ccco1)OCC(=O)C12CC3CC(CC(C3)C1)C2. The van der Waals surface area contributed by atoms with E-state index in [0.29, 0.717) is 17.8 Å².